The maximum absolute atomic E-state index is 10.2. The van der Waals surface area contributed by atoms with Gasteiger partial charge >= 0.3 is 0 Å². The molecule has 4 nitrogen and oxygen atoms in total. The lowest BCUT2D eigenvalue weighted by molar-refractivity contribution is 0.474. The highest BCUT2D eigenvalue weighted by molar-refractivity contribution is 6.36. The second-order valence-electron chi connectivity index (χ2n) is 4.87. The van der Waals surface area contributed by atoms with E-state index in [2.05, 4.69) is 9.98 Å². The zero-order chi connectivity index (χ0) is 16.2. The van der Waals surface area contributed by atoms with Gasteiger partial charge in [-0.1, -0.05) is 41.4 Å². The van der Waals surface area contributed by atoms with Crippen LogP contribution in [0.15, 0.2) is 66.2 Å². The maximum Gasteiger partial charge on any atom is 0.125 e. The zero-order valence-electron chi connectivity index (χ0n) is 12.0. The van der Waals surface area contributed by atoms with Gasteiger partial charge in [-0.15, -0.1) is 0 Å². The first-order chi connectivity index (χ1) is 11.1. The third kappa shape index (κ3) is 3.55. The maximum atomic E-state index is 10.2. The molecule has 3 aromatic rings. The van der Waals surface area contributed by atoms with E-state index in [9.17, 15) is 5.11 Å². The van der Waals surface area contributed by atoms with Crippen molar-refractivity contribution in [3.05, 3.63) is 82.4 Å². The highest BCUT2D eigenvalue weighted by Gasteiger charge is 2.15. The highest BCUT2D eigenvalue weighted by atomic mass is 35.5. The van der Waals surface area contributed by atoms with Crippen LogP contribution in [0.1, 0.15) is 11.1 Å². The lowest BCUT2D eigenvalue weighted by Crippen LogP contribution is -2.07. The zero-order valence-corrected chi connectivity index (χ0v) is 13.5. The Labute approximate surface area is 143 Å². The molecule has 0 saturated carbocycles. The number of rotatable bonds is 4. The lowest BCUT2D eigenvalue weighted by atomic mass is 10.0. The van der Waals surface area contributed by atoms with Gasteiger partial charge in [-0.3, -0.25) is 4.99 Å². The van der Waals surface area contributed by atoms with E-state index in [4.69, 9.17) is 23.2 Å². The summed E-state index contributed by atoms with van der Waals surface area (Å²) >= 11 is 12.4. The number of phenolic OH excluding ortho intramolecular Hbond substituents is 1. The van der Waals surface area contributed by atoms with E-state index in [1.165, 1.54) is 0 Å². The number of benzene rings is 2. The fraction of sp³-hybridized carbons (Fsp3) is 0.0588. The van der Waals surface area contributed by atoms with Gasteiger partial charge in [-0.2, -0.15) is 0 Å². The van der Waals surface area contributed by atoms with Crippen molar-refractivity contribution < 1.29 is 5.11 Å². The second-order valence-corrected chi connectivity index (χ2v) is 5.71. The molecule has 116 valence electrons. The summed E-state index contributed by atoms with van der Waals surface area (Å²) in [5, 5.41) is 11.3. The number of phenols is 1. The molecule has 1 aromatic heterocycles. The van der Waals surface area contributed by atoms with Gasteiger partial charge in [0.2, 0.25) is 0 Å². The number of aliphatic imine (C=N–C) groups is 1. The molecular weight excluding hydrogens is 333 g/mol. The molecule has 1 heterocycles. The summed E-state index contributed by atoms with van der Waals surface area (Å²) in [7, 11) is 0. The Hall–Kier alpha value is -2.30. The van der Waals surface area contributed by atoms with Crippen molar-refractivity contribution in [2.75, 3.05) is 0 Å². The van der Waals surface area contributed by atoms with Crippen molar-refractivity contribution in [2.45, 2.75) is 6.67 Å². The monoisotopic (exact) mass is 345 g/mol. The summed E-state index contributed by atoms with van der Waals surface area (Å²) < 4.78 is 1.82. The van der Waals surface area contributed by atoms with E-state index in [0.717, 1.165) is 5.56 Å². The molecule has 0 aliphatic carbocycles. The Morgan fingerprint density at radius 3 is 2.70 bits per heavy atom. The van der Waals surface area contributed by atoms with Gasteiger partial charge in [0.1, 0.15) is 12.4 Å². The van der Waals surface area contributed by atoms with Crippen LogP contribution < -0.4 is 0 Å². The Morgan fingerprint density at radius 2 is 1.96 bits per heavy atom. The van der Waals surface area contributed by atoms with Crippen LogP contribution in [-0.2, 0) is 6.67 Å². The minimum Gasteiger partial charge on any atom is -0.507 e. The molecule has 6 heteroatoms. The van der Waals surface area contributed by atoms with Crippen LogP contribution in [0.25, 0.3) is 0 Å². The van der Waals surface area contributed by atoms with Gasteiger partial charge in [0.05, 0.1) is 12.0 Å². The molecule has 0 saturated heterocycles. The van der Waals surface area contributed by atoms with E-state index in [-0.39, 0.29) is 5.75 Å². The predicted molar refractivity (Wildman–Crippen MR) is 92.4 cm³/mol. The molecule has 0 amide bonds. The molecule has 0 bridgehead atoms. The standard InChI is InChI=1S/C17H13Cl2N3O/c18-12-5-6-16(23)14(9-12)17(13-3-1-2-4-15(13)19)21-11-22-8-7-20-10-22/h1-10,23H,11H2. The Morgan fingerprint density at radius 1 is 1.13 bits per heavy atom. The van der Waals surface area contributed by atoms with Gasteiger partial charge in [-0.25, -0.2) is 4.98 Å². The molecule has 0 unspecified atom stereocenters. The third-order valence-corrected chi connectivity index (χ3v) is 3.86. The number of hydrogen-bond donors (Lipinski definition) is 1. The minimum absolute atomic E-state index is 0.0960. The van der Waals surface area contributed by atoms with Gasteiger partial charge in [0.15, 0.2) is 0 Å². The van der Waals surface area contributed by atoms with Crippen LogP contribution in [-0.4, -0.2) is 20.4 Å². The van der Waals surface area contributed by atoms with Crippen LogP contribution in [0.3, 0.4) is 0 Å². The minimum atomic E-state index is 0.0960. The SMILES string of the molecule is Oc1ccc(Cl)cc1C(=NCn1ccnc1)c1ccccc1Cl. The molecule has 3 rings (SSSR count). The first kappa shape index (κ1) is 15.6. The van der Waals surface area contributed by atoms with Gasteiger partial charge < -0.3 is 9.67 Å². The third-order valence-electron chi connectivity index (χ3n) is 3.29. The number of aromatic hydroxyl groups is 1. The Bertz CT molecular complexity index is 845. The fourth-order valence-corrected chi connectivity index (χ4v) is 2.59. The van der Waals surface area contributed by atoms with E-state index in [0.29, 0.717) is 28.0 Å². The number of nitrogens with zero attached hydrogens (tertiary/aromatic N) is 3. The highest BCUT2D eigenvalue weighted by Crippen LogP contribution is 2.27. The van der Waals surface area contributed by atoms with Crippen molar-refractivity contribution in [3.8, 4) is 5.75 Å². The van der Waals surface area contributed by atoms with Gasteiger partial charge in [0, 0.05) is 33.6 Å². The smallest absolute Gasteiger partial charge is 0.125 e. The quantitative estimate of drug-likeness (QED) is 0.713. The van der Waals surface area contributed by atoms with Crippen LogP contribution in [0, 0.1) is 0 Å². The molecule has 0 spiro atoms. The molecular formula is C17H13Cl2N3O. The van der Waals surface area contributed by atoms with Crippen LogP contribution in [0.5, 0.6) is 5.75 Å². The average molecular weight is 346 g/mol. The molecule has 2 aromatic carbocycles. The summed E-state index contributed by atoms with van der Waals surface area (Å²) in [6.07, 6.45) is 5.17. The molecule has 0 atom stereocenters. The van der Waals surface area contributed by atoms with Crippen molar-refractivity contribution in [3.63, 3.8) is 0 Å². The first-order valence-corrected chi connectivity index (χ1v) is 7.65. The van der Waals surface area contributed by atoms with Crippen LogP contribution >= 0.6 is 23.2 Å². The van der Waals surface area contributed by atoms with E-state index in [1.807, 2.05) is 29.0 Å². The number of hydrogen-bond acceptors (Lipinski definition) is 3. The van der Waals surface area contributed by atoms with Crippen molar-refractivity contribution in [2.24, 2.45) is 4.99 Å². The number of aromatic nitrogens is 2. The van der Waals surface area contributed by atoms with Crippen molar-refractivity contribution in [1.82, 2.24) is 9.55 Å². The van der Waals surface area contributed by atoms with Crippen molar-refractivity contribution >= 4 is 28.9 Å². The Kier molecular flexibility index (Phi) is 4.65. The van der Waals surface area contributed by atoms with E-state index < -0.39 is 0 Å². The molecule has 0 aliphatic rings. The summed E-state index contributed by atoms with van der Waals surface area (Å²) in [5.41, 5.74) is 1.84. The summed E-state index contributed by atoms with van der Waals surface area (Å²) in [6.45, 7) is 0.354. The fourth-order valence-electron chi connectivity index (χ4n) is 2.19. The topological polar surface area (TPSA) is 50.4 Å². The van der Waals surface area contributed by atoms with E-state index in [1.54, 1.807) is 36.8 Å². The molecule has 0 fully saturated rings. The lowest BCUT2D eigenvalue weighted by Gasteiger charge is -2.12. The van der Waals surface area contributed by atoms with Crippen LogP contribution in [0.2, 0.25) is 10.0 Å². The largest absolute Gasteiger partial charge is 0.507 e. The normalized spacial score (nSPS) is 11.7. The summed E-state index contributed by atoms with van der Waals surface area (Å²) in [5.74, 6) is 0.0960. The molecule has 23 heavy (non-hydrogen) atoms. The second kappa shape index (κ2) is 6.86. The first-order valence-electron chi connectivity index (χ1n) is 6.89. The molecule has 1 N–H and O–H groups in total. The average Bonchev–Trinajstić information content (AvgIpc) is 3.06. The molecule has 0 radical (unpaired) electrons. The van der Waals surface area contributed by atoms with Crippen molar-refractivity contribution in [1.29, 1.82) is 0 Å². The molecule has 0 aliphatic heterocycles. The number of halogens is 2. The van der Waals surface area contributed by atoms with Gasteiger partial charge in [-0.05, 0) is 24.3 Å². The predicted octanol–water partition coefficient (Wildman–Crippen LogP) is 4.39. The number of imidazole rings is 1. The van der Waals surface area contributed by atoms with Gasteiger partial charge in [0.25, 0.3) is 0 Å². The summed E-state index contributed by atoms with van der Waals surface area (Å²) in [6, 6.07) is 12.2. The van der Waals surface area contributed by atoms with E-state index >= 15 is 0 Å². The van der Waals surface area contributed by atoms with Crippen LogP contribution in [0.4, 0.5) is 0 Å². The Balaban J connectivity index is 2.12. The summed E-state index contributed by atoms with van der Waals surface area (Å²) in [4.78, 5) is 8.60.